The van der Waals surface area contributed by atoms with Crippen LogP contribution in [0.5, 0.6) is 0 Å². The molecular weight excluding hydrogens is 276 g/mol. The first-order valence-corrected chi connectivity index (χ1v) is 6.63. The molecule has 0 aliphatic heterocycles. The van der Waals surface area contributed by atoms with Crippen LogP contribution < -0.4 is 5.32 Å². The maximum atomic E-state index is 9.18. The summed E-state index contributed by atoms with van der Waals surface area (Å²) in [6.07, 6.45) is 1.58. The summed E-state index contributed by atoms with van der Waals surface area (Å²) in [5, 5.41) is 25.7. The smallest absolute Gasteiger partial charge is 0.216 e. The van der Waals surface area contributed by atoms with Gasteiger partial charge in [-0.2, -0.15) is 10.5 Å². The van der Waals surface area contributed by atoms with E-state index in [1.54, 1.807) is 6.20 Å². The van der Waals surface area contributed by atoms with Crippen LogP contribution in [0.15, 0.2) is 60.8 Å². The van der Waals surface area contributed by atoms with Crippen molar-refractivity contribution in [3.63, 3.8) is 0 Å². The Kier molecular flexibility index (Phi) is 3.89. The number of anilines is 1. The maximum Gasteiger partial charge on any atom is 0.216 e. The molecule has 6 heteroatoms. The highest BCUT2D eigenvalue weighted by Gasteiger charge is 2.07. The summed E-state index contributed by atoms with van der Waals surface area (Å²) in [7, 11) is 0. The lowest BCUT2D eigenvalue weighted by atomic mass is 10.0. The molecule has 0 saturated heterocycles. The van der Waals surface area contributed by atoms with Crippen molar-refractivity contribution in [2.75, 3.05) is 5.32 Å². The zero-order chi connectivity index (χ0) is 15.2. The highest BCUT2D eigenvalue weighted by Crippen LogP contribution is 2.27. The number of para-hydroxylation sites is 1. The minimum atomic E-state index is 0.257. The van der Waals surface area contributed by atoms with E-state index in [2.05, 4.69) is 25.9 Å². The van der Waals surface area contributed by atoms with Crippen LogP contribution in [0.25, 0.3) is 16.7 Å². The van der Waals surface area contributed by atoms with E-state index in [0.717, 1.165) is 16.8 Å². The minimum absolute atomic E-state index is 0.257. The molecule has 22 heavy (non-hydrogen) atoms. The standard InChI is InChI=1S/C16H12N6/c17-10-13(16-19-21-22-20-16)11-18-15-9-5-4-8-14(15)12-6-2-1-3-7-12/h1-9,11,18H,(H,19,20,21,22). The molecule has 0 spiro atoms. The average Bonchev–Trinajstić information content (AvgIpc) is 3.11. The van der Waals surface area contributed by atoms with Gasteiger partial charge in [0.2, 0.25) is 5.82 Å². The Balaban J connectivity index is 1.92. The van der Waals surface area contributed by atoms with Crippen molar-refractivity contribution in [2.24, 2.45) is 0 Å². The first-order chi connectivity index (χ1) is 10.9. The Morgan fingerprint density at radius 3 is 2.59 bits per heavy atom. The molecule has 0 fully saturated rings. The van der Waals surface area contributed by atoms with Crippen LogP contribution in [0.1, 0.15) is 5.82 Å². The van der Waals surface area contributed by atoms with E-state index in [9.17, 15) is 5.26 Å². The maximum absolute atomic E-state index is 9.18. The zero-order valence-corrected chi connectivity index (χ0v) is 11.6. The van der Waals surface area contributed by atoms with Gasteiger partial charge in [-0.25, -0.2) is 0 Å². The van der Waals surface area contributed by atoms with Crippen LogP contribution in [0.2, 0.25) is 0 Å². The van der Waals surface area contributed by atoms with Crippen LogP contribution >= 0.6 is 0 Å². The Hall–Kier alpha value is -3.46. The molecule has 1 heterocycles. The van der Waals surface area contributed by atoms with Crippen LogP contribution in [0, 0.1) is 11.3 Å². The first kappa shape index (κ1) is 13.5. The third kappa shape index (κ3) is 2.83. The van der Waals surface area contributed by atoms with Gasteiger partial charge in [0.25, 0.3) is 0 Å². The third-order valence-corrected chi connectivity index (χ3v) is 3.09. The van der Waals surface area contributed by atoms with Crippen molar-refractivity contribution in [3.8, 4) is 17.2 Å². The number of benzene rings is 2. The molecule has 0 atom stereocenters. The fourth-order valence-electron chi connectivity index (χ4n) is 2.05. The van der Waals surface area contributed by atoms with Crippen LogP contribution in [0.4, 0.5) is 5.69 Å². The number of aromatic nitrogens is 4. The van der Waals surface area contributed by atoms with Crippen LogP contribution in [-0.2, 0) is 0 Å². The number of allylic oxidation sites excluding steroid dienone is 1. The van der Waals surface area contributed by atoms with Crippen molar-refractivity contribution < 1.29 is 0 Å². The van der Waals surface area contributed by atoms with E-state index in [1.165, 1.54) is 0 Å². The number of tetrazole rings is 1. The Bertz CT molecular complexity index is 815. The molecule has 0 radical (unpaired) electrons. The monoisotopic (exact) mass is 288 g/mol. The molecule has 3 aromatic rings. The Morgan fingerprint density at radius 1 is 1.09 bits per heavy atom. The largest absolute Gasteiger partial charge is 0.360 e. The molecule has 0 amide bonds. The van der Waals surface area contributed by atoms with Gasteiger partial charge >= 0.3 is 0 Å². The lowest BCUT2D eigenvalue weighted by Crippen LogP contribution is -1.95. The van der Waals surface area contributed by atoms with Gasteiger partial charge in [0.05, 0.1) is 0 Å². The van der Waals surface area contributed by atoms with Gasteiger partial charge in [-0.3, -0.25) is 0 Å². The lowest BCUT2D eigenvalue weighted by molar-refractivity contribution is 0.881. The fraction of sp³-hybridized carbons (Fsp3) is 0. The lowest BCUT2D eigenvalue weighted by Gasteiger charge is -2.09. The van der Waals surface area contributed by atoms with Gasteiger partial charge in [0.15, 0.2) is 0 Å². The summed E-state index contributed by atoms with van der Waals surface area (Å²) < 4.78 is 0. The predicted octanol–water partition coefficient (Wildman–Crippen LogP) is 2.84. The fourth-order valence-corrected chi connectivity index (χ4v) is 2.05. The second-order valence-electron chi connectivity index (χ2n) is 4.46. The number of H-pyrrole nitrogens is 1. The van der Waals surface area contributed by atoms with E-state index in [-0.39, 0.29) is 5.82 Å². The summed E-state index contributed by atoms with van der Waals surface area (Å²) >= 11 is 0. The molecule has 0 saturated carbocycles. The Morgan fingerprint density at radius 2 is 1.86 bits per heavy atom. The average molecular weight is 288 g/mol. The quantitative estimate of drug-likeness (QED) is 0.720. The van der Waals surface area contributed by atoms with Gasteiger partial charge in [-0.15, -0.1) is 10.2 Å². The van der Waals surface area contributed by atoms with Gasteiger partial charge in [-0.05, 0) is 16.8 Å². The molecule has 6 nitrogen and oxygen atoms in total. The number of rotatable bonds is 4. The number of aromatic amines is 1. The van der Waals surface area contributed by atoms with Crippen molar-refractivity contribution in [1.29, 1.82) is 5.26 Å². The second-order valence-corrected chi connectivity index (χ2v) is 4.46. The summed E-state index contributed by atoms with van der Waals surface area (Å²) in [5.74, 6) is 0.257. The first-order valence-electron chi connectivity index (χ1n) is 6.63. The van der Waals surface area contributed by atoms with Crippen molar-refractivity contribution >= 4 is 11.3 Å². The number of hydrogen-bond acceptors (Lipinski definition) is 5. The minimum Gasteiger partial charge on any atom is -0.360 e. The highest BCUT2D eigenvalue weighted by atomic mass is 15.5. The normalized spacial score (nSPS) is 11.0. The predicted molar refractivity (Wildman–Crippen MR) is 83.3 cm³/mol. The van der Waals surface area contributed by atoms with Crippen LogP contribution in [0.3, 0.4) is 0 Å². The molecular formula is C16H12N6. The molecule has 106 valence electrons. The molecule has 1 aromatic heterocycles. The Labute approximate surface area is 127 Å². The van der Waals surface area contributed by atoms with Gasteiger partial charge in [0, 0.05) is 17.5 Å². The third-order valence-electron chi connectivity index (χ3n) is 3.09. The molecule has 0 unspecified atom stereocenters. The van der Waals surface area contributed by atoms with Gasteiger partial charge < -0.3 is 5.32 Å². The molecule has 0 aliphatic rings. The second kappa shape index (κ2) is 6.33. The van der Waals surface area contributed by atoms with Gasteiger partial charge in [-0.1, -0.05) is 48.5 Å². The van der Waals surface area contributed by atoms with Crippen molar-refractivity contribution in [3.05, 3.63) is 66.6 Å². The summed E-state index contributed by atoms with van der Waals surface area (Å²) in [5.41, 5.74) is 3.34. The molecule has 0 aliphatic carbocycles. The van der Waals surface area contributed by atoms with Crippen LogP contribution in [-0.4, -0.2) is 20.6 Å². The zero-order valence-electron chi connectivity index (χ0n) is 11.6. The van der Waals surface area contributed by atoms with E-state index in [1.807, 2.05) is 60.7 Å². The summed E-state index contributed by atoms with van der Waals surface area (Å²) in [6.45, 7) is 0. The SMILES string of the molecule is N#CC(=CNc1ccccc1-c1ccccc1)c1nn[nH]n1. The van der Waals surface area contributed by atoms with Crippen molar-refractivity contribution in [2.45, 2.75) is 0 Å². The number of nitrogens with zero attached hydrogens (tertiary/aromatic N) is 4. The van der Waals surface area contributed by atoms with E-state index >= 15 is 0 Å². The molecule has 0 bridgehead atoms. The van der Waals surface area contributed by atoms with Crippen molar-refractivity contribution in [1.82, 2.24) is 20.6 Å². The number of nitrogens with one attached hydrogen (secondary N) is 2. The van der Waals surface area contributed by atoms with E-state index in [0.29, 0.717) is 5.57 Å². The summed E-state index contributed by atoms with van der Waals surface area (Å²) in [4.78, 5) is 0. The highest BCUT2D eigenvalue weighted by molar-refractivity contribution is 5.81. The topological polar surface area (TPSA) is 90.3 Å². The van der Waals surface area contributed by atoms with Gasteiger partial charge in [0.1, 0.15) is 11.6 Å². The molecule has 3 rings (SSSR count). The number of nitriles is 1. The molecule has 2 N–H and O–H groups in total. The summed E-state index contributed by atoms with van der Waals surface area (Å²) in [6, 6.07) is 19.9. The molecule has 2 aromatic carbocycles. The number of hydrogen-bond donors (Lipinski definition) is 2. The van der Waals surface area contributed by atoms with E-state index < -0.39 is 0 Å². The van der Waals surface area contributed by atoms with E-state index in [4.69, 9.17) is 0 Å².